The molecular formula is C20H16ClNO4. The van der Waals surface area contributed by atoms with Crippen molar-refractivity contribution in [3.63, 3.8) is 0 Å². The van der Waals surface area contributed by atoms with Gasteiger partial charge in [-0.05, 0) is 47.9 Å². The molecule has 132 valence electrons. The summed E-state index contributed by atoms with van der Waals surface area (Å²) < 4.78 is 0. The first-order valence-corrected chi connectivity index (χ1v) is 8.44. The molecule has 1 saturated heterocycles. The van der Waals surface area contributed by atoms with E-state index in [0.29, 0.717) is 22.7 Å². The van der Waals surface area contributed by atoms with Crippen molar-refractivity contribution in [2.45, 2.75) is 12.8 Å². The molecule has 0 saturated carbocycles. The summed E-state index contributed by atoms with van der Waals surface area (Å²) in [7, 11) is 0. The van der Waals surface area contributed by atoms with E-state index in [1.807, 2.05) is 12.1 Å². The molecule has 0 spiro atoms. The van der Waals surface area contributed by atoms with E-state index in [9.17, 15) is 14.4 Å². The Balaban J connectivity index is 1.79. The SMILES string of the molecule is O=C(O)/C=C/c1cccc(N2C(=O)C[C@H](Cc3ccc(Cl)cc3)C2=O)c1. The number of hydrogen-bond acceptors (Lipinski definition) is 3. The van der Waals surface area contributed by atoms with Crippen LogP contribution < -0.4 is 4.90 Å². The normalized spacial score (nSPS) is 17.3. The monoisotopic (exact) mass is 369 g/mol. The van der Waals surface area contributed by atoms with Crippen molar-refractivity contribution in [2.75, 3.05) is 4.90 Å². The summed E-state index contributed by atoms with van der Waals surface area (Å²) in [5.74, 6) is -1.98. The summed E-state index contributed by atoms with van der Waals surface area (Å²) in [4.78, 5) is 36.9. The van der Waals surface area contributed by atoms with Crippen LogP contribution in [0.1, 0.15) is 17.5 Å². The summed E-state index contributed by atoms with van der Waals surface area (Å²) in [6.07, 6.45) is 3.05. The van der Waals surface area contributed by atoms with Gasteiger partial charge < -0.3 is 5.11 Å². The fourth-order valence-corrected chi connectivity index (χ4v) is 3.09. The Kier molecular flexibility index (Phi) is 5.19. The van der Waals surface area contributed by atoms with Gasteiger partial charge in [0.2, 0.25) is 11.8 Å². The second kappa shape index (κ2) is 7.54. The average molecular weight is 370 g/mol. The third-order valence-corrected chi connectivity index (χ3v) is 4.43. The van der Waals surface area contributed by atoms with Crippen LogP contribution in [0.3, 0.4) is 0 Å². The first-order valence-electron chi connectivity index (χ1n) is 8.06. The molecule has 0 unspecified atom stereocenters. The lowest BCUT2D eigenvalue weighted by Crippen LogP contribution is -2.30. The van der Waals surface area contributed by atoms with Gasteiger partial charge in [0, 0.05) is 17.5 Å². The van der Waals surface area contributed by atoms with Gasteiger partial charge in [-0.2, -0.15) is 0 Å². The molecule has 1 aliphatic heterocycles. The zero-order valence-corrected chi connectivity index (χ0v) is 14.5. The smallest absolute Gasteiger partial charge is 0.328 e. The van der Waals surface area contributed by atoms with E-state index in [1.54, 1.807) is 36.4 Å². The van der Waals surface area contributed by atoms with Crippen LogP contribution in [-0.2, 0) is 20.8 Å². The maximum atomic E-state index is 12.7. The number of anilines is 1. The third-order valence-electron chi connectivity index (χ3n) is 4.18. The largest absolute Gasteiger partial charge is 0.478 e. The lowest BCUT2D eigenvalue weighted by atomic mass is 9.98. The number of rotatable bonds is 5. The quantitative estimate of drug-likeness (QED) is 0.646. The van der Waals surface area contributed by atoms with Crippen LogP contribution in [0.15, 0.2) is 54.6 Å². The van der Waals surface area contributed by atoms with Crippen molar-refractivity contribution in [1.82, 2.24) is 0 Å². The second-order valence-corrected chi connectivity index (χ2v) is 6.50. The lowest BCUT2D eigenvalue weighted by Gasteiger charge is -2.15. The molecule has 1 fully saturated rings. The Morgan fingerprint density at radius 3 is 2.62 bits per heavy atom. The molecule has 0 aromatic heterocycles. The van der Waals surface area contributed by atoms with Crippen LogP contribution in [0.25, 0.3) is 6.08 Å². The van der Waals surface area contributed by atoms with E-state index in [1.165, 1.54) is 11.0 Å². The summed E-state index contributed by atoms with van der Waals surface area (Å²) in [6.45, 7) is 0. The van der Waals surface area contributed by atoms with E-state index in [4.69, 9.17) is 16.7 Å². The summed E-state index contributed by atoms with van der Waals surface area (Å²) in [5.41, 5.74) is 2.00. The predicted octanol–water partition coefficient (Wildman–Crippen LogP) is 3.56. The highest BCUT2D eigenvalue weighted by molar-refractivity contribution is 6.30. The third kappa shape index (κ3) is 4.00. The molecule has 1 atom stereocenters. The molecule has 6 heteroatoms. The number of carboxylic acids is 1. The van der Waals surface area contributed by atoms with Gasteiger partial charge in [-0.15, -0.1) is 0 Å². The topological polar surface area (TPSA) is 74.7 Å². The molecule has 1 N–H and O–H groups in total. The molecule has 26 heavy (non-hydrogen) atoms. The number of carbonyl (C=O) groups excluding carboxylic acids is 2. The maximum absolute atomic E-state index is 12.7. The number of nitrogens with zero attached hydrogens (tertiary/aromatic N) is 1. The molecule has 2 aromatic rings. The van der Waals surface area contributed by atoms with Crippen LogP contribution in [0, 0.1) is 5.92 Å². The number of benzene rings is 2. The van der Waals surface area contributed by atoms with Crippen molar-refractivity contribution in [3.8, 4) is 0 Å². The van der Waals surface area contributed by atoms with Crippen molar-refractivity contribution in [1.29, 1.82) is 0 Å². The van der Waals surface area contributed by atoms with E-state index in [-0.39, 0.29) is 18.2 Å². The molecule has 2 amide bonds. The van der Waals surface area contributed by atoms with E-state index < -0.39 is 11.9 Å². The molecule has 3 rings (SSSR count). The standard InChI is InChI=1S/C20H16ClNO4/c21-16-7-4-14(5-8-16)10-15-12-18(23)22(20(15)26)17-3-1-2-13(11-17)6-9-19(24)25/h1-9,11,15H,10,12H2,(H,24,25)/b9-6+/t15-/m0/s1. The van der Waals surface area contributed by atoms with Gasteiger partial charge in [0.15, 0.2) is 0 Å². The molecule has 2 aromatic carbocycles. The number of imide groups is 1. The minimum atomic E-state index is -1.06. The highest BCUT2D eigenvalue weighted by Crippen LogP contribution is 2.29. The fraction of sp³-hybridized carbons (Fsp3) is 0.150. The van der Waals surface area contributed by atoms with Gasteiger partial charge in [0.25, 0.3) is 0 Å². The Labute approximate surface area is 155 Å². The van der Waals surface area contributed by atoms with Crippen LogP contribution >= 0.6 is 11.6 Å². The Bertz CT molecular complexity index is 889. The van der Waals surface area contributed by atoms with Crippen LogP contribution in [0.5, 0.6) is 0 Å². The summed E-state index contributed by atoms with van der Waals surface area (Å²) >= 11 is 5.87. The van der Waals surface area contributed by atoms with Crippen LogP contribution in [0.4, 0.5) is 5.69 Å². The molecule has 0 aliphatic carbocycles. The number of aliphatic carboxylic acids is 1. The van der Waals surface area contributed by atoms with E-state index in [2.05, 4.69) is 0 Å². The van der Waals surface area contributed by atoms with Crippen molar-refractivity contribution >= 4 is 41.1 Å². The number of carbonyl (C=O) groups is 3. The number of halogens is 1. The first kappa shape index (κ1) is 17.9. The highest BCUT2D eigenvalue weighted by Gasteiger charge is 2.39. The Hall–Kier alpha value is -2.92. The van der Waals surface area contributed by atoms with Gasteiger partial charge in [-0.3, -0.25) is 14.5 Å². The average Bonchev–Trinajstić information content (AvgIpc) is 2.89. The Morgan fingerprint density at radius 2 is 1.92 bits per heavy atom. The lowest BCUT2D eigenvalue weighted by molar-refractivity contribution is -0.131. The molecule has 0 radical (unpaired) electrons. The summed E-state index contributed by atoms with van der Waals surface area (Å²) in [6, 6.07) is 13.9. The highest BCUT2D eigenvalue weighted by atomic mass is 35.5. The second-order valence-electron chi connectivity index (χ2n) is 6.07. The predicted molar refractivity (Wildman–Crippen MR) is 98.9 cm³/mol. The van der Waals surface area contributed by atoms with Gasteiger partial charge in [0.1, 0.15) is 0 Å². The number of hydrogen-bond donors (Lipinski definition) is 1. The Morgan fingerprint density at radius 1 is 1.19 bits per heavy atom. The minimum absolute atomic E-state index is 0.149. The van der Waals surface area contributed by atoms with Crippen molar-refractivity contribution in [3.05, 3.63) is 70.8 Å². The zero-order chi connectivity index (χ0) is 18.7. The first-order chi connectivity index (χ1) is 12.4. The van der Waals surface area contributed by atoms with Gasteiger partial charge in [0.05, 0.1) is 11.6 Å². The molecule has 0 bridgehead atoms. The molecule has 1 aliphatic rings. The number of amides is 2. The van der Waals surface area contributed by atoms with Crippen LogP contribution in [0.2, 0.25) is 5.02 Å². The minimum Gasteiger partial charge on any atom is -0.478 e. The fourth-order valence-electron chi connectivity index (χ4n) is 2.97. The van der Waals surface area contributed by atoms with Crippen molar-refractivity contribution < 1.29 is 19.5 Å². The van der Waals surface area contributed by atoms with Gasteiger partial charge in [-0.1, -0.05) is 35.9 Å². The van der Waals surface area contributed by atoms with E-state index in [0.717, 1.165) is 11.6 Å². The molecule has 5 nitrogen and oxygen atoms in total. The van der Waals surface area contributed by atoms with Crippen molar-refractivity contribution in [2.24, 2.45) is 5.92 Å². The molecule has 1 heterocycles. The summed E-state index contributed by atoms with van der Waals surface area (Å²) in [5, 5.41) is 9.34. The van der Waals surface area contributed by atoms with Gasteiger partial charge in [-0.25, -0.2) is 4.79 Å². The molecular weight excluding hydrogens is 354 g/mol. The number of carboxylic acid groups (broad SMARTS) is 1. The maximum Gasteiger partial charge on any atom is 0.328 e. The van der Waals surface area contributed by atoms with Crippen LogP contribution in [-0.4, -0.2) is 22.9 Å². The van der Waals surface area contributed by atoms with Gasteiger partial charge >= 0.3 is 5.97 Å². The van der Waals surface area contributed by atoms with E-state index >= 15 is 0 Å². The zero-order valence-electron chi connectivity index (χ0n) is 13.8.